The summed E-state index contributed by atoms with van der Waals surface area (Å²) in [6.45, 7) is 5.23. The predicted octanol–water partition coefficient (Wildman–Crippen LogP) is 3.72. The van der Waals surface area contributed by atoms with Crippen LogP contribution in [-0.4, -0.2) is 37.0 Å². The third kappa shape index (κ3) is 3.02. The van der Waals surface area contributed by atoms with Crippen molar-refractivity contribution in [3.05, 3.63) is 64.1 Å². The van der Waals surface area contributed by atoms with Crippen molar-refractivity contribution in [2.45, 2.75) is 6.92 Å². The monoisotopic (exact) mass is 358 g/mol. The molecule has 2 aromatic carbocycles. The average molecular weight is 359 g/mol. The van der Waals surface area contributed by atoms with E-state index >= 15 is 0 Å². The highest BCUT2D eigenvalue weighted by molar-refractivity contribution is 9.10. The second-order valence-electron chi connectivity index (χ2n) is 5.55. The second kappa shape index (κ2) is 6.53. The molecule has 114 valence electrons. The molecule has 0 aromatic heterocycles. The first-order valence-corrected chi connectivity index (χ1v) is 8.30. The second-order valence-corrected chi connectivity index (χ2v) is 6.40. The number of piperazine rings is 1. The van der Waals surface area contributed by atoms with Crippen LogP contribution < -0.4 is 4.90 Å². The summed E-state index contributed by atoms with van der Waals surface area (Å²) in [6.07, 6.45) is 0. The Balaban J connectivity index is 1.68. The fourth-order valence-corrected chi connectivity index (χ4v) is 3.38. The Hall–Kier alpha value is -1.81. The number of halogens is 1. The Morgan fingerprint density at radius 2 is 1.59 bits per heavy atom. The lowest BCUT2D eigenvalue weighted by Gasteiger charge is -2.36. The fourth-order valence-electron chi connectivity index (χ4n) is 2.84. The predicted molar refractivity (Wildman–Crippen MR) is 93.4 cm³/mol. The summed E-state index contributed by atoms with van der Waals surface area (Å²) in [5.41, 5.74) is 3.06. The van der Waals surface area contributed by atoms with E-state index in [2.05, 4.69) is 33.0 Å². The number of benzene rings is 2. The van der Waals surface area contributed by atoms with Crippen LogP contribution in [0.15, 0.2) is 53.0 Å². The molecule has 4 heteroatoms. The van der Waals surface area contributed by atoms with Crippen molar-refractivity contribution in [1.29, 1.82) is 0 Å². The van der Waals surface area contributed by atoms with Crippen molar-refractivity contribution in [2.75, 3.05) is 31.1 Å². The Kier molecular flexibility index (Phi) is 4.48. The molecule has 0 spiro atoms. The van der Waals surface area contributed by atoms with Gasteiger partial charge in [0.15, 0.2) is 0 Å². The lowest BCUT2D eigenvalue weighted by molar-refractivity contribution is 0.0746. The van der Waals surface area contributed by atoms with Crippen LogP contribution in [-0.2, 0) is 0 Å². The van der Waals surface area contributed by atoms with Gasteiger partial charge in [0, 0.05) is 36.2 Å². The molecule has 1 heterocycles. The highest BCUT2D eigenvalue weighted by Gasteiger charge is 2.23. The Morgan fingerprint density at radius 3 is 2.27 bits per heavy atom. The maximum Gasteiger partial charge on any atom is 0.254 e. The molecule has 1 aliphatic heterocycles. The minimum absolute atomic E-state index is 0.143. The van der Waals surface area contributed by atoms with Gasteiger partial charge in [-0.2, -0.15) is 0 Å². The van der Waals surface area contributed by atoms with Crippen LogP contribution in [0.2, 0.25) is 0 Å². The zero-order chi connectivity index (χ0) is 15.5. The summed E-state index contributed by atoms with van der Waals surface area (Å²) in [5.74, 6) is 0.143. The number of rotatable bonds is 2. The molecule has 0 N–H and O–H groups in total. The van der Waals surface area contributed by atoms with E-state index in [0.29, 0.717) is 0 Å². The number of carbonyl (C=O) groups is 1. The van der Waals surface area contributed by atoms with Crippen LogP contribution in [0.25, 0.3) is 0 Å². The summed E-state index contributed by atoms with van der Waals surface area (Å²) in [4.78, 5) is 16.9. The highest BCUT2D eigenvalue weighted by atomic mass is 79.9. The summed E-state index contributed by atoms with van der Waals surface area (Å²) in [7, 11) is 0. The Labute approximate surface area is 139 Å². The Morgan fingerprint density at radius 1 is 0.955 bits per heavy atom. The van der Waals surface area contributed by atoms with Gasteiger partial charge in [-0.25, -0.2) is 0 Å². The zero-order valence-corrected chi connectivity index (χ0v) is 14.2. The van der Waals surface area contributed by atoms with E-state index in [0.717, 1.165) is 41.8 Å². The van der Waals surface area contributed by atoms with Gasteiger partial charge in [0.2, 0.25) is 0 Å². The number of carbonyl (C=O) groups excluding carboxylic acids is 1. The van der Waals surface area contributed by atoms with Crippen molar-refractivity contribution in [1.82, 2.24) is 4.90 Å². The molecule has 22 heavy (non-hydrogen) atoms. The molecule has 0 radical (unpaired) electrons. The standard InChI is InChI=1S/C18H19BrN2O/c1-14-6-2-3-7-15(14)18(22)21-12-10-20(11-13-21)17-9-5-4-8-16(17)19/h2-9H,10-13H2,1H3. The van der Waals surface area contributed by atoms with Crippen molar-refractivity contribution in [3.8, 4) is 0 Å². The van der Waals surface area contributed by atoms with Crippen LogP contribution >= 0.6 is 15.9 Å². The van der Waals surface area contributed by atoms with Gasteiger partial charge in [0.1, 0.15) is 0 Å². The Bertz CT molecular complexity index is 678. The van der Waals surface area contributed by atoms with Crippen LogP contribution in [0.5, 0.6) is 0 Å². The largest absolute Gasteiger partial charge is 0.367 e. The number of hydrogen-bond acceptors (Lipinski definition) is 2. The summed E-state index contributed by atoms with van der Waals surface area (Å²) in [6, 6.07) is 16.0. The molecule has 1 fully saturated rings. The van der Waals surface area contributed by atoms with E-state index in [9.17, 15) is 4.79 Å². The van der Waals surface area contributed by atoms with E-state index < -0.39 is 0 Å². The summed E-state index contributed by atoms with van der Waals surface area (Å²) >= 11 is 3.60. The van der Waals surface area contributed by atoms with E-state index in [1.807, 2.05) is 48.2 Å². The molecule has 0 aliphatic carbocycles. The molecular formula is C18H19BrN2O. The first kappa shape index (κ1) is 15.1. The number of nitrogens with zero attached hydrogens (tertiary/aromatic N) is 2. The van der Waals surface area contributed by atoms with Gasteiger partial charge in [-0.15, -0.1) is 0 Å². The fraction of sp³-hybridized carbons (Fsp3) is 0.278. The van der Waals surface area contributed by atoms with Gasteiger partial charge >= 0.3 is 0 Å². The van der Waals surface area contributed by atoms with E-state index in [1.165, 1.54) is 5.69 Å². The molecule has 3 nitrogen and oxygen atoms in total. The first-order valence-electron chi connectivity index (χ1n) is 7.51. The van der Waals surface area contributed by atoms with E-state index in [4.69, 9.17) is 0 Å². The van der Waals surface area contributed by atoms with Crippen LogP contribution in [0.3, 0.4) is 0 Å². The number of hydrogen-bond donors (Lipinski definition) is 0. The van der Waals surface area contributed by atoms with Crippen molar-refractivity contribution in [2.24, 2.45) is 0 Å². The van der Waals surface area contributed by atoms with Gasteiger partial charge in [-0.05, 0) is 46.6 Å². The molecule has 0 unspecified atom stereocenters. The smallest absolute Gasteiger partial charge is 0.254 e. The lowest BCUT2D eigenvalue weighted by Crippen LogP contribution is -2.49. The van der Waals surface area contributed by atoms with Crippen LogP contribution in [0.4, 0.5) is 5.69 Å². The molecule has 1 saturated heterocycles. The molecule has 1 amide bonds. The maximum absolute atomic E-state index is 12.6. The van der Waals surface area contributed by atoms with E-state index in [-0.39, 0.29) is 5.91 Å². The molecule has 0 atom stereocenters. The lowest BCUT2D eigenvalue weighted by atomic mass is 10.1. The van der Waals surface area contributed by atoms with E-state index in [1.54, 1.807) is 0 Å². The average Bonchev–Trinajstić information content (AvgIpc) is 2.55. The number of anilines is 1. The van der Waals surface area contributed by atoms with Gasteiger partial charge in [0.05, 0.1) is 5.69 Å². The minimum atomic E-state index is 0.143. The minimum Gasteiger partial charge on any atom is -0.367 e. The molecule has 0 bridgehead atoms. The molecule has 3 rings (SSSR count). The molecule has 2 aromatic rings. The molecule has 0 saturated carbocycles. The van der Waals surface area contributed by atoms with Gasteiger partial charge in [-0.1, -0.05) is 30.3 Å². The number of amides is 1. The number of para-hydroxylation sites is 1. The summed E-state index contributed by atoms with van der Waals surface area (Å²) < 4.78 is 1.11. The van der Waals surface area contributed by atoms with Gasteiger partial charge < -0.3 is 9.80 Å². The third-order valence-corrected chi connectivity index (χ3v) is 4.81. The zero-order valence-electron chi connectivity index (χ0n) is 12.6. The summed E-state index contributed by atoms with van der Waals surface area (Å²) in [5, 5.41) is 0. The van der Waals surface area contributed by atoms with Crippen LogP contribution in [0, 0.1) is 6.92 Å². The third-order valence-electron chi connectivity index (χ3n) is 4.14. The van der Waals surface area contributed by atoms with Crippen molar-refractivity contribution in [3.63, 3.8) is 0 Å². The molecule has 1 aliphatic rings. The first-order chi connectivity index (χ1) is 10.7. The van der Waals surface area contributed by atoms with Gasteiger partial charge in [0.25, 0.3) is 5.91 Å². The normalized spacial score (nSPS) is 15.0. The maximum atomic E-state index is 12.6. The van der Waals surface area contributed by atoms with Gasteiger partial charge in [-0.3, -0.25) is 4.79 Å². The van der Waals surface area contributed by atoms with Crippen LogP contribution in [0.1, 0.15) is 15.9 Å². The van der Waals surface area contributed by atoms with Crippen molar-refractivity contribution >= 4 is 27.5 Å². The molecular weight excluding hydrogens is 340 g/mol. The SMILES string of the molecule is Cc1ccccc1C(=O)N1CCN(c2ccccc2Br)CC1. The highest BCUT2D eigenvalue weighted by Crippen LogP contribution is 2.26. The quantitative estimate of drug-likeness (QED) is 0.816. The van der Waals surface area contributed by atoms with Crippen molar-refractivity contribution < 1.29 is 4.79 Å². The topological polar surface area (TPSA) is 23.6 Å². The number of aryl methyl sites for hydroxylation is 1.